The van der Waals surface area contributed by atoms with E-state index < -0.39 is 8.07 Å². The minimum atomic E-state index is -0.745. The van der Waals surface area contributed by atoms with Gasteiger partial charge in [0.05, 0.1) is 0 Å². The molecule has 0 rings (SSSR count). The van der Waals surface area contributed by atoms with Gasteiger partial charge in [-0.2, -0.15) is 0 Å². The molecule has 0 N–H and O–H groups in total. The van der Waals surface area contributed by atoms with E-state index in [-0.39, 0.29) is 0 Å². The first-order chi connectivity index (χ1) is 5.12. The van der Waals surface area contributed by atoms with Crippen molar-refractivity contribution in [2.24, 2.45) is 0 Å². The van der Waals surface area contributed by atoms with Gasteiger partial charge in [-0.15, -0.1) is 0 Å². The summed E-state index contributed by atoms with van der Waals surface area (Å²) in [6.07, 6.45) is 5.68. The first-order valence-electron chi connectivity index (χ1n) is 5.12. The highest BCUT2D eigenvalue weighted by molar-refractivity contribution is 6.77. The first-order valence-corrected chi connectivity index (χ1v) is 8.54. The summed E-state index contributed by atoms with van der Waals surface area (Å²) in [6, 6.07) is 3.09. The van der Waals surface area contributed by atoms with Crippen LogP contribution in [-0.2, 0) is 0 Å². The van der Waals surface area contributed by atoms with Crippen LogP contribution in [0.2, 0.25) is 25.2 Å². The summed E-state index contributed by atoms with van der Waals surface area (Å²) in [5.41, 5.74) is 0. The topological polar surface area (TPSA) is 0 Å². The molecule has 0 bridgehead atoms. The Balaban J connectivity index is 3.43. The van der Waals surface area contributed by atoms with E-state index in [1.54, 1.807) is 12.1 Å². The molecule has 0 aromatic carbocycles. The molecule has 0 unspecified atom stereocenters. The molecule has 0 spiro atoms. The summed E-state index contributed by atoms with van der Waals surface area (Å²) in [5.74, 6) is 0. The van der Waals surface area contributed by atoms with E-state index in [2.05, 4.69) is 26.9 Å². The largest absolute Gasteiger partial charge is 0.0693 e. The highest BCUT2D eigenvalue weighted by Gasteiger charge is 2.17. The molecule has 0 aliphatic carbocycles. The molecule has 0 nitrogen and oxygen atoms in total. The second kappa shape index (κ2) is 5.82. The van der Waals surface area contributed by atoms with Crippen molar-refractivity contribution in [2.75, 3.05) is 0 Å². The van der Waals surface area contributed by atoms with Crippen molar-refractivity contribution < 1.29 is 0 Å². The van der Waals surface area contributed by atoms with Crippen molar-refractivity contribution in [2.45, 2.75) is 64.7 Å². The van der Waals surface area contributed by atoms with Crippen LogP contribution in [0, 0.1) is 0 Å². The summed E-state index contributed by atoms with van der Waals surface area (Å²) in [7, 11) is -0.745. The maximum atomic E-state index is 2.54. The molecule has 0 amide bonds. The fraction of sp³-hybridized carbons (Fsp3) is 1.00. The van der Waals surface area contributed by atoms with E-state index in [0.717, 1.165) is 0 Å². The first kappa shape index (κ1) is 11.2. The third kappa shape index (κ3) is 6.61. The van der Waals surface area contributed by atoms with E-state index in [9.17, 15) is 0 Å². The third-order valence-electron chi connectivity index (χ3n) is 2.41. The predicted octanol–water partition coefficient (Wildman–Crippen LogP) is 4.30. The highest BCUT2D eigenvalue weighted by atomic mass is 28.3. The van der Waals surface area contributed by atoms with Crippen molar-refractivity contribution in [1.29, 1.82) is 0 Å². The summed E-state index contributed by atoms with van der Waals surface area (Å²) >= 11 is 0. The van der Waals surface area contributed by atoms with Crippen LogP contribution in [0.25, 0.3) is 0 Å². The molecule has 0 aliphatic heterocycles. The zero-order valence-electron chi connectivity index (χ0n) is 8.74. The Labute approximate surface area is 73.4 Å². The van der Waals surface area contributed by atoms with Gasteiger partial charge in [0.15, 0.2) is 0 Å². The average Bonchev–Trinajstić information content (AvgIpc) is 1.97. The van der Waals surface area contributed by atoms with Crippen LogP contribution in [0.1, 0.15) is 39.5 Å². The van der Waals surface area contributed by atoms with Crippen molar-refractivity contribution >= 4 is 8.07 Å². The van der Waals surface area contributed by atoms with Gasteiger partial charge in [-0.3, -0.25) is 0 Å². The van der Waals surface area contributed by atoms with Gasteiger partial charge in [-0.05, 0) is 0 Å². The zero-order valence-corrected chi connectivity index (χ0v) is 9.74. The molecular formula is C10H24Si. The van der Waals surface area contributed by atoms with E-state index in [4.69, 9.17) is 0 Å². The Kier molecular flexibility index (Phi) is 5.93. The minimum absolute atomic E-state index is 0.745. The SMILES string of the molecule is CCCC[Si](C)(C)CCCC. The van der Waals surface area contributed by atoms with Gasteiger partial charge in [-0.25, -0.2) is 0 Å². The minimum Gasteiger partial charge on any atom is -0.0693 e. The second-order valence-electron chi connectivity index (χ2n) is 4.37. The van der Waals surface area contributed by atoms with Gasteiger partial charge in [-0.1, -0.05) is 64.7 Å². The zero-order chi connectivity index (χ0) is 8.74. The van der Waals surface area contributed by atoms with Crippen molar-refractivity contribution in [3.8, 4) is 0 Å². The van der Waals surface area contributed by atoms with E-state index in [1.165, 1.54) is 25.7 Å². The normalized spacial score (nSPS) is 12.0. The molecule has 0 aromatic heterocycles. The quantitative estimate of drug-likeness (QED) is 0.524. The monoisotopic (exact) mass is 172 g/mol. The molecule has 0 atom stereocenters. The third-order valence-corrected chi connectivity index (χ3v) is 5.83. The fourth-order valence-electron chi connectivity index (χ4n) is 1.44. The molecule has 0 fully saturated rings. The van der Waals surface area contributed by atoms with Crippen LogP contribution in [-0.4, -0.2) is 8.07 Å². The van der Waals surface area contributed by atoms with Crippen LogP contribution in [0.15, 0.2) is 0 Å². The van der Waals surface area contributed by atoms with E-state index in [0.29, 0.717) is 0 Å². The van der Waals surface area contributed by atoms with Gasteiger partial charge in [0.1, 0.15) is 0 Å². The Morgan fingerprint density at radius 1 is 0.818 bits per heavy atom. The lowest BCUT2D eigenvalue weighted by Crippen LogP contribution is -2.24. The highest BCUT2D eigenvalue weighted by Crippen LogP contribution is 2.20. The molecule has 0 radical (unpaired) electrons. The summed E-state index contributed by atoms with van der Waals surface area (Å²) in [5, 5.41) is 0. The molecule has 0 saturated heterocycles. The molecule has 11 heavy (non-hydrogen) atoms. The number of rotatable bonds is 6. The Bertz CT molecular complexity index is 76.9. The number of hydrogen-bond acceptors (Lipinski definition) is 0. The lowest BCUT2D eigenvalue weighted by Gasteiger charge is -2.21. The second-order valence-corrected chi connectivity index (χ2v) is 9.70. The molecule has 1 heteroatoms. The Morgan fingerprint density at radius 3 is 1.45 bits per heavy atom. The molecule has 0 aliphatic rings. The number of unbranched alkanes of at least 4 members (excludes halogenated alkanes) is 2. The van der Waals surface area contributed by atoms with Crippen LogP contribution in [0.3, 0.4) is 0 Å². The lowest BCUT2D eigenvalue weighted by atomic mass is 10.4. The van der Waals surface area contributed by atoms with Crippen LogP contribution in [0.5, 0.6) is 0 Å². The number of hydrogen-bond donors (Lipinski definition) is 0. The van der Waals surface area contributed by atoms with Crippen LogP contribution >= 0.6 is 0 Å². The molecular weight excluding hydrogens is 148 g/mol. The maximum Gasteiger partial charge on any atom is 0.0473 e. The van der Waals surface area contributed by atoms with Gasteiger partial charge in [0.25, 0.3) is 0 Å². The Hall–Kier alpha value is 0.217. The van der Waals surface area contributed by atoms with Gasteiger partial charge in [0.2, 0.25) is 0 Å². The Morgan fingerprint density at radius 2 is 1.18 bits per heavy atom. The van der Waals surface area contributed by atoms with E-state index in [1.807, 2.05) is 0 Å². The smallest absolute Gasteiger partial charge is 0.0473 e. The van der Waals surface area contributed by atoms with Crippen molar-refractivity contribution in [3.05, 3.63) is 0 Å². The molecule has 0 saturated carbocycles. The van der Waals surface area contributed by atoms with Crippen molar-refractivity contribution in [3.63, 3.8) is 0 Å². The van der Waals surface area contributed by atoms with Gasteiger partial charge in [0, 0.05) is 8.07 Å². The molecule has 68 valence electrons. The van der Waals surface area contributed by atoms with Crippen LogP contribution < -0.4 is 0 Å². The molecule has 0 aromatic rings. The van der Waals surface area contributed by atoms with E-state index >= 15 is 0 Å². The average molecular weight is 172 g/mol. The summed E-state index contributed by atoms with van der Waals surface area (Å²) in [6.45, 7) is 9.67. The maximum absolute atomic E-state index is 2.54. The molecule has 0 heterocycles. The standard InChI is InChI=1S/C10H24Si/c1-5-7-9-11(3,4)10-8-6-2/h5-10H2,1-4H3. The van der Waals surface area contributed by atoms with Crippen LogP contribution in [0.4, 0.5) is 0 Å². The summed E-state index contributed by atoms with van der Waals surface area (Å²) < 4.78 is 0. The van der Waals surface area contributed by atoms with Crippen molar-refractivity contribution in [1.82, 2.24) is 0 Å². The van der Waals surface area contributed by atoms with Gasteiger partial charge < -0.3 is 0 Å². The fourth-order valence-corrected chi connectivity index (χ4v) is 4.31. The van der Waals surface area contributed by atoms with Gasteiger partial charge >= 0.3 is 0 Å². The summed E-state index contributed by atoms with van der Waals surface area (Å²) in [4.78, 5) is 0. The predicted molar refractivity (Wildman–Crippen MR) is 56.9 cm³/mol. The lowest BCUT2D eigenvalue weighted by molar-refractivity contribution is 0.830.